The van der Waals surface area contributed by atoms with E-state index in [1.54, 1.807) is 36.4 Å². The van der Waals surface area contributed by atoms with Crippen LogP contribution in [0.15, 0.2) is 95.6 Å². The molecule has 0 aliphatic rings. The van der Waals surface area contributed by atoms with Crippen LogP contribution in [0.4, 0.5) is 9.59 Å². The summed E-state index contributed by atoms with van der Waals surface area (Å²) in [5.41, 5.74) is 2.33. The third kappa shape index (κ3) is 9.77. The van der Waals surface area contributed by atoms with Crippen LogP contribution in [0, 0.1) is 5.92 Å². The van der Waals surface area contributed by atoms with Gasteiger partial charge in [0.05, 0.1) is 0 Å². The van der Waals surface area contributed by atoms with Crippen molar-refractivity contribution in [3.63, 3.8) is 0 Å². The van der Waals surface area contributed by atoms with Crippen LogP contribution in [0.25, 0.3) is 0 Å². The molecule has 0 unspecified atom stereocenters. The first kappa shape index (κ1) is 33.9. The largest absolute Gasteiger partial charge is 0.444 e. The van der Waals surface area contributed by atoms with Gasteiger partial charge in [0, 0.05) is 24.7 Å². The van der Waals surface area contributed by atoms with E-state index in [4.69, 9.17) is 20.8 Å². The molecule has 0 fully saturated rings. The van der Waals surface area contributed by atoms with Crippen LogP contribution in [0.5, 0.6) is 0 Å². The Balaban J connectivity index is 1.52. The average molecular weight is 645 g/mol. The number of nitrogens with zero attached hydrogens (tertiary/aromatic N) is 3. The maximum Gasteiger partial charge on any atom is 0.418 e. The second kappa shape index (κ2) is 16.9. The summed E-state index contributed by atoms with van der Waals surface area (Å²) in [7, 11) is 0. The number of ether oxygens (including phenoxy) is 1. The van der Waals surface area contributed by atoms with Gasteiger partial charge >= 0.3 is 18.0 Å². The summed E-state index contributed by atoms with van der Waals surface area (Å²) in [5, 5.41) is 3.19. The number of carbonyl (C=O) groups is 4. The Hall–Kier alpha value is -4.96. The van der Waals surface area contributed by atoms with Gasteiger partial charge in [-0.2, -0.15) is 4.98 Å². The van der Waals surface area contributed by atoms with Crippen molar-refractivity contribution in [2.24, 2.45) is 5.92 Å². The van der Waals surface area contributed by atoms with E-state index in [1.165, 1.54) is 0 Å². The Bertz CT molecular complexity index is 1610. The van der Waals surface area contributed by atoms with E-state index < -0.39 is 29.8 Å². The second-order valence-corrected chi connectivity index (χ2v) is 11.4. The van der Waals surface area contributed by atoms with Crippen molar-refractivity contribution in [3.8, 4) is 0 Å². The van der Waals surface area contributed by atoms with Crippen LogP contribution < -0.4 is 5.32 Å². The molecule has 4 aromatic rings. The fourth-order valence-corrected chi connectivity index (χ4v) is 4.67. The standard InChI is InChI=1S/C35H37ClN4O6/c1-25(2)19-21-40(35(44)46-23-27-14-7-4-8-15-27)34(43)39(20-11-16-26-12-5-3-6-13-26)33(42)32-38-30(24-45-32)31(41)37-22-28-17-9-10-18-29(28)36/h3-10,12-15,17-18,24-25H,11,16,19-23H2,1-2H3,(H,37,41). The lowest BCUT2D eigenvalue weighted by molar-refractivity contribution is 0.0677. The summed E-state index contributed by atoms with van der Waals surface area (Å²) >= 11 is 6.18. The molecule has 0 aliphatic heterocycles. The zero-order chi connectivity index (χ0) is 32.9. The Morgan fingerprint density at radius 3 is 2.20 bits per heavy atom. The molecule has 0 atom stereocenters. The van der Waals surface area contributed by atoms with E-state index in [-0.39, 0.29) is 37.9 Å². The van der Waals surface area contributed by atoms with E-state index in [1.807, 2.05) is 62.4 Å². The number of aromatic nitrogens is 1. The first-order valence-electron chi connectivity index (χ1n) is 15.1. The highest BCUT2D eigenvalue weighted by atomic mass is 35.5. The topological polar surface area (TPSA) is 122 Å². The van der Waals surface area contributed by atoms with Gasteiger partial charge in [-0.25, -0.2) is 14.5 Å². The van der Waals surface area contributed by atoms with E-state index in [2.05, 4.69) is 10.3 Å². The fraction of sp³-hybridized carbons (Fsp3) is 0.286. The molecular formula is C35H37ClN4O6. The Kier molecular flexibility index (Phi) is 12.5. The number of oxazole rings is 1. The van der Waals surface area contributed by atoms with Gasteiger partial charge < -0.3 is 14.5 Å². The summed E-state index contributed by atoms with van der Waals surface area (Å²) in [4.78, 5) is 59.7. The van der Waals surface area contributed by atoms with Gasteiger partial charge in [-0.3, -0.25) is 14.5 Å². The van der Waals surface area contributed by atoms with Crippen molar-refractivity contribution in [1.82, 2.24) is 20.1 Å². The lowest BCUT2D eigenvalue weighted by Crippen LogP contribution is -2.50. The summed E-state index contributed by atoms with van der Waals surface area (Å²) < 4.78 is 10.9. The molecule has 46 heavy (non-hydrogen) atoms. The summed E-state index contributed by atoms with van der Waals surface area (Å²) in [6.07, 6.45) is 1.65. The van der Waals surface area contributed by atoms with E-state index in [0.717, 1.165) is 27.2 Å². The maximum absolute atomic E-state index is 14.0. The first-order chi connectivity index (χ1) is 22.2. The lowest BCUT2D eigenvalue weighted by Gasteiger charge is -2.27. The van der Waals surface area contributed by atoms with Gasteiger partial charge in [0.1, 0.15) is 12.9 Å². The number of rotatable bonds is 13. The van der Waals surface area contributed by atoms with Crippen molar-refractivity contribution in [1.29, 1.82) is 0 Å². The molecule has 5 amide bonds. The minimum atomic E-state index is -0.881. The van der Waals surface area contributed by atoms with Crippen LogP contribution in [-0.2, 0) is 24.3 Å². The van der Waals surface area contributed by atoms with Gasteiger partial charge in [-0.1, -0.05) is 104 Å². The van der Waals surface area contributed by atoms with Gasteiger partial charge in [-0.15, -0.1) is 0 Å². The molecule has 3 aromatic carbocycles. The number of aryl methyl sites for hydroxylation is 1. The van der Waals surface area contributed by atoms with Crippen LogP contribution in [0.1, 0.15) is 64.6 Å². The van der Waals surface area contributed by atoms with Crippen molar-refractivity contribution in [2.75, 3.05) is 13.1 Å². The average Bonchev–Trinajstić information content (AvgIpc) is 3.56. The quantitative estimate of drug-likeness (QED) is 0.164. The lowest BCUT2D eigenvalue weighted by atomic mass is 10.1. The maximum atomic E-state index is 14.0. The second-order valence-electron chi connectivity index (χ2n) is 11.0. The third-order valence-corrected chi connectivity index (χ3v) is 7.44. The van der Waals surface area contributed by atoms with Gasteiger partial charge in [0.2, 0.25) is 0 Å². The van der Waals surface area contributed by atoms with E-state index in [9.17, 15) is 19.2 Å². The normalized spacial score (nSPS) is 10.8. The van der Waals surface area contributed by atoms with Crippen LogP contribution >= 0.6 is 11.6 Å². The number of hydrogen-bond donors (Lipinski definition) is 1. The SMILES string of the molecule is CC(C)CCN(C(=O)OCc1ccccc1)C(=O)N(CCCc1ccccc1)C(=O)c1nc(C(=O)NCc2ccccc2Cl)co1. The number of urea groups is 1. The van der Waals surface area contributed by atoms with E-state index in [0.29, 0.717) is 29.8 Å². The number of nitrogens with one attached hydrogen (secondary N) is 1. The highest BCUT2D eigenvalue weighted by molar-refractivity contribution is 6.31. The molecule has 0 bridgehead atoms. The van der Waals surface area contributed by atoms with Crippen molar-refractivity contribution >= 4 is 35.5 Å². The predicted molar refractivity (Wildman–Crippen MR) is 173 cm³/mol. The number of hydrogen-bond acceptors (Lipinski definition) is 7. The van der Waals surface area contributed by atoms with Crippen molar-refractivity contribution < 1.29 is 28.3 Å². The number of amides is 5. The van der Waals surface area contributed by atoms with Crippen LogP contribution in [0.2, 0.25) is 5.02 Å². The molecule has 0 radical (unpaired) electrons. The molecule has 0 spiro atoms. The number of benzene rings is 3. The predicted octanol–water partition coefficient (Wildman–Crippen LogP) is 7.14. The van der Waals surface area contributed by atoms with Crippen molar-refractivity contribution in [2.45, 2.75) is 46.3 Å². The van der Waals surface area contributed by atoms with Crippen LogP contribution in [0.3, 0.4) is 0 Å². The summed E-state index contributed by atoms with van der Waals surface area (Å²) in [6, 6.07) is 24.9. The molecule has 240 valence electrons. The molecule has 1 N–H and O–H groups in total. The zero-order valence-electron chi connectivity index (χ0n) is 25.9. The number of carbonyl (C=O) groups excluding carboxylic acids is 4. The summed E-state index contributed by atoms with van der Waals surface area (Å²) in [5.74, 6) is -1.77. The molecule has 0 saturated heterocycles. The molecular weight excluding hydrogens is 608 g/mol. The Labute approximate surface area is 273 Å². The molecule has 0 aliphatic carbocycles. The molecule has 1 heterocycles. The van der Waals surface area contributed by atoms with Crippen molar-refractivity contribution in [3.05, 3.63) is 124 Å². The molecule has 4 rings (SSSR count). The molecule has 11 heteroatoms. The highest BCUT2D eigenvalue weighted by Gasteiger charge is 2.34. The van der Waals surface area contributed by atoms with Gasteiger partial charge in [-0.05, 0) is 47.9 Å². The zero-order valence-corrected chi connectivity index (χ0v) is 26.6. The van der Waals surface area contributed by atoms with Crippen LogP contribution in [-0.4, -0.2) is 51.8 Å². The first-order valence-corrected chi connectivity index (χ1v) is 15.5. The minimum Gasteiger partial charge on any atom is -0.444 e. The highest BCUT2D eigenvalue weighted by Crippen LogP contribution is 2.17. The fourth-order valence-electron chi connectivity index (χ4n) is 4.46. The van der Waals surface area contributed by atoms with Gasteiger partial charge in [0.25, 0.3) is 11.8 Å². The third-order valence-electron chi connectivity index (χ3n) is 7.07. The molecule has 0 saturated carbocycles. The van der Waals surface area contributed by atoms with E-state index >= 15 is 0 Å². The smallest absolute Gasteiger partial charge is 0.418 e. The summed E-state index contributed by atoms with van der Waals surface area (Å²) in [6.45, 7) is 4.02. The number of halogens is 1. The monoisotopic (exact) mass is 644 g/mol. The minimum absolute atomic E-state index is 0.0346. The molecule has 1 aromatic heterocycles. The molecule has 10 nitrogen and oxygen atoms in total. The Morgan fingerprint density at radius 2 is 1.52 bits per heavy atom. The Morgan fingerprint density at radius 1 is 0.870 bits per heavy atom. The van der Waals surface area contributed by atoms with Gasteiger partial charge in [0.15, 0.2) is 5.69 Å². The number of imide groups is 2.